The monoisotopic (exact) mass is 342 g/mol. The summed E-state index contributed by atoms with van der Waals surface area (Å²) in [5.74, 6) is 1.53. The first-order chi connectivity index (χ1) is 8.82. The lowest BCUT2D eigenvalue weighted by Gasteiger charge is -2.42. The number of benzene rings is 1. The molecule has 0 saturated heterocycles. The van der Waals surface area contributed by atoms with Crippen molar-refractivity contribution in [2.75, 3.05) is 0 Å². The van der Waals surface area contributed by atoms with Gasteiger partial charge in [-0.05, 0) is 54.2 Å². The molecule has 1 aliphatic carbocycles. The van der Waals surface area contributed by atoms with Gasteiger partial charge >= 0.3 is 0 Å². The molecular weight excluding hydrogens is 320 g/mol. The fraction of sp³-hybridized carbons (Fsp3) is 0.647. The van der Waals surface area contributed by atoms with Crippen LogP contribution in [0.5, 0.6) is 0 Å². The van der Waals surface area contributed by atoms with E-state index in [1.807, 2.05) is 0 Å². The molecule has 0 amide bonds. The van der Waals surface area contributed by atoms with E-state index in [0.717, 1.165) is 16.5 Å². The number of rotatable bonds is 2. The zero-order chi connectivity index (χ0) is 14.2. The lowest BCUT2D eigenvalue weighted by Crippen LogP contribution is -2.38. The van der Waals surface area contributed by atoms with Crippen molar-refractivity contribution in [3.05, 3.63) is 34.3 Å². The molecule has 0 spiro atoms. The number of halogens is 2. The Morgan fingerprint density at radius 3 is 2.53 bits per heavy atom. The van der Waals surface area contributed by atoms with Gasteiger partial charge in [-0.3, -0.25) is 0 Å². The van der Waals surface area contributed by atoms with Crippen LogP contribution in [0.1, 0.15) is 51.2 Å². The fourth-order valence-corrected chi connectivity index (χ4v) is 5.08. The van der Waals surface area contributed by atoms with Crippen LogP contribution in [0.25, 0.3) is 0 Å². The molecule has 0 radical (unpaired) electrons. The van der Waals surface area contributed by atoms with Gasteiger partial charge in [-0.15, -0.1) is 0 Å². The molecule has 0 aliphatic heterocycles. The molecule has 0 heterocycles. The topological polar surface area (TPSA) is 0 Å². The molecular formula is C17H24BrCl. The van der Waals surface area contributed by atoms with Crippen LogP contribution in [0, 0.1) is 18.8 Å². The molecule has 0 nitrogen and oxygen atoms in total. The highest BCUT2D eigenvalue weighted by atomic mass is 79.9. The first-order valence-corrected chi connectivity index (χ1v) is 8.52. The Morgan fingerprint density at radius 1 is 1.26 bits per heavy atom. The smallest absolute Gasteiger partial charge is 0.0438 e. The van der Waals surface area contributed by atoms with Gasteiger partial charge in [0.15, 0.2) is 0 Å². The Balaban J connectivity index is 2.28. The van der Waals surface area contributed by atoms with E-state index in [-0.39, 0.29) is 5.41 Å². The van der Waals surface area contributed by atoms with Crippen molar-refractivity contribution in [1.29, 1.82) is 0 Å². The van der Waals surface area contributed by atoms with Crippen molar-refractivity contribution in [2.45, 2.75) is 57.2 Å². The second kappa shape index (κ2) is 5.77. The minimum absolute atomic E-state index is 0.172. The average molecular weight is 344 g/mol. The SMILES string of the molecule is Cc1ccc(C(C)(C)C2CCC(C)CC2Br)cc1Cl. The van der Waals surface area contributed by atoms with Crippen molar-refractivity contribution < 1.29 is 0 Å². The van der Waals surface area contributed by atoms with E-state index in [0.29, 0.717) is 10.7 Å². The molecule has 2 heteroatoms. The standard InChI is InChI=1S/C17H24BrCl/c1-11-5-8-14(15(18)9-11)17(3,4)13-7-6-12(2)16(19)10-13/h6-7,10-11,14-15H,5,8-9H2,1-4H3. The largest absolute Gasteiger partial charge is 0.0887 e. The average Bonchev–Trinajstić information content (AvgIpc) is 2.32. The van der Waals surface area contributed by atoms with Crippen molar-refractivity contribution in [3.63, 3.8) is 0 Å². The van der Waals surface area contributed by atoms with Crippen molar-refractivity contribution in [2.24, 2.45) is 11.8 Å². The van der Waals surface area contributed by atoms with E-state index in [1.165, 1.54) is 24.8 Å². The number of alkyl halides is 1. The Kier molecular flexibility index (Phi) is 4.67. The molecule has 19 heavy (non-hydrogen) atoms. The zero-order valence-electron chi connectivity index (χ0n) is 12.3. The third-order valence-electron chi connectivity index (χ3n) is 4.88. The second-order valence-corrected chi connectivity index (χ2v) is 8.31. The van der Waals surface area contributed by atoms with Gasteiger partial charge in [0, 0.05) is 9.85 Å². The number of hydrogen-bond acceptors (Lipinski definition) is 0. The van der Waals surface area contributed by atoms with Gasteiger partial charge in [0.2, 0.25) is 0 Å². The van der Waals surface area contributed by atoms with Crippen molar-refractivity contribution in [1.82, 2.24) is 0 Å². The lowest BCUT2D eigenvalue weighted by molar-refractivity contribution is 0.214. The van der Waals surface area contributed by atoms with Gasteiger partial charge in [0.05, 0.1) is 0 Å². The summed E-state index contributed by atoms with van der Waals surface area (Å²) in [6.45, 7) is 9.15. The molecule has 1 fully saturated rings. The maximum absolute atomic E-state index is 6.31. The predicted molar refractivity (Wildman–Crippen MR) is 88.4 cm³/mol. The molecule has 1 aromatic carbocycles. The van der Waals surface area contributed by atoms with Crippen molar-refractivity contribution in [3.8, 4) is 0 Å². The fourth-order valence-electron chi connectivity index (χ4n) is 3.33. The molecule has 1 saturated carbocycles. The molecule has 1 aromatic rings. The summed E-state index contributed by atoms with van der Waals surface area (Å²) in [4.78, 5) is 0.617. The van der Waals surface area contributed by atoms with E-state index in [4.69, 9.17) is 11.6 Å². The quantitative estimate of drug-likeness (QED) is 0.567. The van der Waals surface area contributed by atoms with E-state index in [2.05, 4.69) is 61.8 Å². The molecule has 1 aliphatic rings. The summed E-state index contributed by atoms with van der Waals surface area (Å²) >= 11 is 10.2. The Morgan fingerprint density at radius 2 is 1.95 bits per heavy atom. The molecule has 0 N–H and O–H groups in total. The van der Waals surface area contributed by atoms with Crippen LogP contribution in [0.4, 0.5) is 0 Å². The molecule has 3 atom stereocenters. The summed E-state index contributed by atoms with van der Waals surface area (Å²) in [5.41, 5.74) is 2.70. The van der Waals surface area contributed by atoms with Crippen LogP contribution in [0.3, 0.4) is 0 Å². The summed E-state index contributed by atoms with van der Waals surface area (Å²) in [6, 6.07) is 6.56. The van der Waals surface area contributed by atoms with Gasteiger partial charge in [0.25, 0.3) is 0 Å². The minimum Gasteiger partial charge on any atom is -0.0887 e. The maximum atomic E-state index is 6.31. The first-order valence-electron chi connectivity index (χ1n) is 7.23. The van der Waals surface area contributed by atoms with Gasteiger partial charge in [0.1, 0.15) is 0 Å². The number of hydrogen-bond donors (Lipinski definition) is 0. The third kappa shape index (κ3) is 3.19. The minimum atomic E-state index is 0.172. The molecule has 0 aromatic heterocycles. The highest BCUT2D eigenvalue weighted by Gasteiger charge is 2.38. The van der Waals surface area contributed by atoms with Crippen molar-refractivity contribution >= 4 is 27.5 Å². The first kappa shape index (κ1) is 15.4. The van der Waals surface area contributed by atoms with Gasteiger partial charge in [-0.25, -0.2) is 0 Å². The summed E-state index contributed by atoms with van der Waals surface area (Å²) in [5, 5.41) is 0.890. The highest BCUT2D eigenvalue weighted by Crippen LogP contribution is 2.45. The molecule has 3 unspecified atom stereocenters. The van der Waals surface area contributed by atoms with Gasteiger partial charge < -0.3 is 0 Å². The van der Waals surface area contributed by atoms with Crippen LogP contribution in [-0.4, -0.2) is 4.83 Å². The van der Waals surface area contributed by atoms with Crippen LogP contribution in [0.15, 0.2) is 18.2 Å². The van der Waals surface area contributed by atoms with E-state index < -0.39 is 0 Å². The normalized spacial score (nSPS) is 28.4. The van der Waals surface area contributed by atoms with E-state index >= 15 is 0 Å². The third-order valence-corrected chi connectivity index (χ3v) is 6.30. The van der Waals surface area contributed by atoms with Crippen LogP contribution >= 0.6 is 27.5 Å². The van der Waals surface area contributed by atoms with E-state index in [9.17, 15) is 0 Å². The van der Waals surface area contributed by atoms with Gasteiger partial charge in [-0.2, -0.15) is 0 Å². The Hall–Kier alpha value is -0.0100. The summed E-state index contributed by atoms with van der Waals surface area (Å²) < 4.78 is 0. The summed E-state index contributed by atoms with van der Waals surface area (Å²) in [7, 11) is 0. The lowest BCUT2D eigenvalue weighted by atomic mass is 9.66. The zero-order valence-corrected chi connectivity index (χ0v) is 14.7. The van der Waals surface area contributed by atoms with Crippen LogP contribution in [-0.2, 0) is 5.41 Å². The second-order valence-electron chi connectivity index (χ2n) is 6.73. The van der Waals surface area contributed by atoms with Crippen LogP contribution in [0.2, 0.25) is 5.02 Å². The Labute approximate surface area is 131 Å². The molecule has 0 bridgehead atoms. The molecule has 2 rings (SSSR count). The van der Waals surface area contributed by atoms with E-state index in [1.54, 1.807) is 0 Å². The Bertz CT molecular complexity index is 453. The summed E-state index contributed by atoms with van der Waals surface area (Å²) in [6.07, 6.45) is 3.93. The maximum Gasteiger partial charge on any atom is 0.0438 e. The number of aryl methyl sites for hydroxylation is 1. The highest BCUT2D eigenvalue weighted by molar-refractivity contribution is 9.09. The van der Waals surface area contributed by atoms with Crippen LogP contribution < -0.4 is 0 Å². The van der Waals surface area contributed by atoms with Gasteiger partial charge in [-0.1, -0.05) is 66.9 Å². The predicted octanol–water partition coefficient (Wildman–Crippen LogP) is 6.13. The molecule has 106 valence electrons.